The molecule has 0 saturated heterocycles. The minimum absolute atomic E-state index is 0.0483. The third-order valence-electron chi connectivity index (χ3n) is 9.46. The van der Waals surface area contributed by atoms with E-state index in [1.807, 2.05) is 26.8 Å². The van der Waals surface area contributed by atoms with E-state index in [-0.39, 0.29) is 40.5 Å². The Morgan fingerprint density at radius 2 is 1.36 bits per heavy atom. The third-order valence-corrected chi connectivity index (χ3v) is 9.46. The zero-order chi connectivity index (χ0) is 36.6. The first-order chi connectivity index (χ1) is 23.7. The number of Topliss-reactive ketones (excluding diaryl/α,β-unsaturated/α-hetero) is 1. The van der Waals surface area contributed by atoms with E-state index in [1.165, 1.54) is 47.1 Å². The summed E-state index contributed by atoms with van der Waals surface area (Å²) in [6.07, 6.45) is 14.4. The molecule has 0 aliphatic carbocycles. The second-order valence-electron chi connectivity index (χ2n) is 14.1. The van der Waals surface area contributed by atoms with Gasteiger partial charge in [0.25, 0.3) is 0 Å². The number of carbonyl (C=O) groups is 3. The summed E-state index contributed by atoms with van der Waals surface area (Å²) in [6, 6.07) is 7.85. The largest absolute Gasteiger partial charge is 0.508 e. The Balaban J connectivity index is 1.81. The lowest BCUT2D eigenvalue weighted by atomic mass is 9.61. The standard InChI is InChI=1S/C42H50O8/c1-27(2)11-7-13-29(5)15-9-17-31-25-42(50-39(31)47)35-24-33(44)19-21-38(35)49-40(48)41(42,22-10-16-30(6)14-8-12-28(3)4)26-37(46)34-23-32(43)18-20-36(34)45/h11-12,15-16,18-21,23-25,43-45H,7-10,13-14,17,22,26H2,1-6H3/b29-15+,30-16+/t41-,42+/m1/s1. The first-order valence-electron chi connectivity index (χ1n) is 17.3. The van der Waals surface area contributed by atoms with Crippen LogP contribution in [0, 0.1) is 5.41 Å². The van der Waals surface area contributed by atoms with Crippen molar-refractivity contribution in [3.63, 3.8) is 0 Å². The van der Waals surface area contributed by atoms with E-state index < -0.39 is 35.2 Å². The average Bonchev–Trinajstić information content (AvgIpc) is 3.37. The highest BCUT2D eigenvalue weighted by atomic mass is 16.6. The molecule has 2 heterocycles. The predicted octanol–water partition coefficient (Wildman–Crippen LogP) is 9.61. The van der Waals surface area contributed by atoms with Gasteiger partial charge in [0.15, 0.2) is 11.4 Å². The summed E-state index contributed by atoms with van der Waals surface area (Å²) in [5.74, 6) is -2.63. The van der Waals surface area contributed by atoms with Gasteiger partial charge in [-0.25, -0.2) is 4.79 Å². The Morgan fingerprint density at radius 1 is 0.760 bits per heavy atom. The Morgan fingerprint density at radius 3 is 2.00 bits per heavy atom. The molecule has 50 heavy (non-hydrogen) atoms. The van der Waals surface area contributed by atoms with Gasteiger partial charge >= 0.3 is 11.9 Å². The molecule has 4 rings (SSSR count). The van der Waals surface area contributed by atoms with Crippen molar-refractivity contribution >= 4 is 17.7 Å². The van der Waals surface area contributed by atoms with E-state index in [9.17, 15) is 29.7 Å². The van der Waals surface area contributed by atoms with Gasteiger partial charge < -0.3 is 24.8 Å². The van der Waals surface area contributed by atoms with E-state index in [4.69, 9.17) is 9.47 Å². The number of carbonyl (C=O) groups excluding carboxylic acids is 3. The second kappa shape index (κ2) is 16.2. The molecule has 0 amide bonds. The molecule has 2 aromatic rings. The number of phenols is 3. The number of phenolic OH excluding ortho intramolecular Hbond substituents is 3. The maximum atomic E-state index is 14.4. The molecular formula is C42H50O8. The van der Waals surface area contributed by atoms with E-state index in [2.05, 4.69) is 39.0 Å². The number of fused-ring (bicyclic) bond motifs is 2. The van der Waals surface area contributed by atoms with Crippen LogP contribution >= 0.6 is 0 Å². The Hall–Kier alpha value is -4.85. The highest BCUT2D eigenvalue weighted by Gasteiger charge is 2.66. The molecule has 8 heteroatoms. The van der Waals surface area contributed by atoms with Crippen LogP contribution in [0.15, 0.2) is 94.6 Å². The van der Waals surface area contributed by atoms with Crippen LogP contribution < -0.4 is 4.74 Å². The quantitative estimate of drug-likeness (QED) is 0.0557. The van der Waals surface area contributed by atoms with Crippen LogP contribution in [0.2, 0.25) is 0 Å². The highest BCUT2D eigenvalue weighted by molar-refractivity contribution is 6.03. The molecule has 3 N–H and O–H groups in total. The molecule has 0 fully saturated rings. The number of hydrogen-bond acceptors (Lipinski definition) is 8. The number of rotatable bonds is 15. The van der Waals surface area contributed by atoms with Crippen LogP contribution in [0.4, 0.5) is 0 Å². The van der Waals surface area contributed by atoms with Crippen molar-refractivity contribution in [3.05, 3.63) is 106 Å². The van der Waals surface area contributed by atoms with Crippen LogP contribution in [0.5, 0.6) is 23.0 Å². The van der Waals surface area contributed by atoms with E-state index in [1.54, 1.807) is 6.08 Å². The number of hydrogen-bond donors (Lipinski definition) is 3. The SMILES string of the molecule is CC(C)=CCC/C(C)=C/CCC1=C[C@]2(OC1=O)c1cc(O)ccc1OC(=O)[C@@]2(CC/C=C(\C)CCC=C(C)C)CC(=O)c1cc(O)ccc1O. The zero-order valence-corrected chi connectivity index (χ0v) is 30.1. The van der Waals surface area contributed by atoms with Crippen LogP contribution in [-0.2, 0) is 19.9 Å². The van der Waals surface area contributed by atoms with Crippen molar-refractivity contribution in [2.45, 2.75) is 105 Å². The minimum atomic E-state index is -1.79. The normalized spacial score (nSPS) is 20.2. The van der Waals surface area contributed by atoms with Crippen molar-refractivity contribution in [1.82, 2.24) is 0 Å². The first-order valence-corrected chi connectivity index (χ1v) is 17.3. The van der Waals surface area contributed by atoms with Gasteiger partial charge in [0.1, 0.15) is 28.4 Å². The summed E-state index contributed by atoms with van der Waals surface area (Å²) in [5.41, 5.74) is 1.62. The molecule has 266 valence electrons. The average molecular weight is 683 g/mol. The molecule has 8 nitrogen and oxygen atoms in total. The fourth-order valence-corrected chi connectivity index (χ4v) is 6.71. The summed E-state index contributed by atoms with van der Waals surface area (Å²) in [6.45, 7) is 12.3. The third kappa shape index (κ3) is 8.65. The number of ketones is 1. The molecule has 2 aromatic carbocycles. The van der Waals surface area contributed by atoms with Gasteiger partial charge in [-0.05, 0) is 135 Å². The molecule has 2 aliphatic heterocycles. The van der Waals surface area contributed by atoms with Crippen LogP contribution in [-0.4, -0.2) is 33.0 Å². The van der Waals surface area contributed by atoms with Gasteiger partial charge in [-0.2, -0.15) is 0 Å². The maximum absolute atomic E-state index is 14.4. The van der Waals surface area contributed by atoms with Crippen molar-refractivity contribution < 1.29 is 39.2 Å². The fourth-order valence-electron chi connectivity index (χ4n) is 6.71. The summed E-state index contributed by atoms with van der Waals surface area (Å²) in [7, 11) is 0. The number of allylic oxidation sites excluding steroid dienone is 8. The zero-order valence-electron chi connectivity index (χ0n) is 30.1. The van der Waals surface area contributed by atoms with Crippen molar-refractivity contribution in [2.24, 2.45) is 5.41 Å². The summed E-state index contributed by atoms with van der Waals surface area (Å²) in [4.78, 5) is 42.3. The number of aromatic hydroxyl groups is 3. The van der Waals surface area contributed by atoms with Crippen LogP contribution in [0.25, 0.3) is 0 Å². The summed E-state index contributed by atoms with van der Waals surface area (Å²) in [5, 5.41) is 31.4. The molecule has 0 saturated carbocycles. The lowest BCUT2D eigenvalue weighted by Gasteiger charge is -2.47. The smallest absolute Gasteiger partial charge is 0.335 e. The van der Waals surface area contributed by atoms with Gasteiger partial charge in [0, 0.05) is 17.6 Å². The van der Waals surface area contributed by atoms with Gasteiger partial charge in [-0.1, -0.05) is 46.6 Å². The molecule has 0 radical (unpaired) electrons. The molecular weight excluding hydrogens is 632 g/mol. The topological polar surface area (TPSA) is 130 Å². The van der Waals surface area contributed by atoms with Crippen LogP contribution in [0.3, 0.4) is 0 Å². The molecule has 2 atom stereocenters. The van der Waals surface area contributed by atoms with Gasteiger partial charge in [0.2, 0.25) is 0 Å². The number of benzene rings is 2. The second-order valence-corrected chi connectivity index (χ2v) is 14.1. The van der Waals surface area contributed by atoms with Gasteiger partial charge in [-0.15, -0.1) is 0 Å². The Kier molecular flexibility index (Phi) is 12.3. The fraction of sp³-hybridized carbons (Fsp3) is 0.405. The Bertz CT molecular complexity index is 1780. The molecule has 2 aliphatic rings. The van der Waals surface area contributed by atoms with Gasteiger partial charge in [0.05, 0.1) is 5.56 Å². The van der Waals surface area contributed by atoms with E-state index in [0.29, 0.717) is 24.8 Å². The predicted molar refractivity (Wildman–Crippen MR) is 194 cm³/mol. The minimum Gasteiger partial charge on any atom is -0.508 e. The first kappa shape index (κ1) is 38.0. The lowest BCUT2D eigenvalue weighted by Crippen LogP contribution is -2.56. The van der Waals surface area contributed by atoms with E-state index in [0.717, 1.165) is 37.3 Å². The van der Waals surface area contributed by atoms with Crippen molar-refractivity contribution in [2.75, 3.05) is 0 Å². The summed E-state index contributed by atoms with van der Waals surface area (Å²) >= 11 is 0. The lowest BCUT2D eigenvalue weighted by molar-refractivity contribution is -0.180. The maximum Gasteiger partial charge on any atom is 0.335 e. The van der Waals surface area contributed by atoms with Crippen LogP contribution in [0.1, 0.15) is 115 Å². The number of esters is 2. The molecule has 0 bridgehead atoms. The van der Waals surface area contributed by atoms with Gasteiger partial charge in [-0.3, -0.25) is 9.59 Å². The molecule has 0 aromatic heterocycles. The van der Waals surface area contributed by atoms with E-state index >= 15 is 0 Å². The molecule has 1 spiro atoms. The summed E-state index contributed by atoms with van der Waals surface area (Å²) < 4.78 is 12.2. The number of ether oxygens (including phenoxy) is 2. The highest BCUT2D eigenvalue weighted by Crippen LogP contribution is 2.60. The van der Waals surface area contributed by atoms with Crippen molar-refractivity contribution in [3.8, 4) is 23.0 Å². The van der Waals surface area contributed by atoms with Crippen molar-refractivity contribution in [1.29, 1.82) is 0 Å². The monoisotopic (exact) mass is 682 g/mol. The molecule has 0 unspecified atom stereocenters. The Labute approximate surface area is 295 Å².